The van der Waals surface area contributed by atoms with E-state index >= 15 is 0 Å². The Morgan fingerprint density at radius 1 is 1.06 bits per heavy atom. The lowest BCUT2D eigenvalue weighted by Crippen LogP contribution is -2.24. The number of aromatic nitrogens is 5. The van der Waals surface area contributed by atoms with Gasteiger partial charge in [0.2, 0.25) is 5.95 Å². The molecule has 2 N–H and O–H groups in total. The van der Waals surface area contributed by atoms with Gasteiger partial charge in [-0.25, -0.2) is 9.97 Å². The molecule has 0 unspecified atom stereocenters. The molecule has 166 valence electrons. The van der Waals surface area contributed by atoms with Crippen LogP contribution < -0.4 is 10.6 Å². The van der Waals surface area contributed by atoms with E-state index in [1.807, 2.05) is 30.7 Å². The predicted molar refractivity (Wildman–Crippen MR) is 131 cm³/mol. The van der Waals surface area contributed by atoms with Gasteiger partial charge in [-0.15, -0.1) is 11.3 Å². The first-order valence-corrected chi connectivity index (χ1v) is 12.2. The van der Waals surface area contributed by atoms with Crippen molar-refractivity contribution in [2.75, 3.05) is 10.6 Å². The van der Waals surface area contributed by atoms with Crippen molar-refractivity contribution in [2.24, 2.45) is 0 Å². The molecule has 0 bridgehead atoms. The molecular weight excluding hydrogens is 418 g/mol. The fraction of sp³-hybridized carbons (Fsp3) is 0.417. The van der Waals surface area contributed by atoms with E-state index in [0.29, 0.717) is 18.5 Å². The summed E-state index contributed by atoms with van der Waals surface area (Å²) in [7, 11) is 0. The van der Waals surface area contributed by atoms with E-state index in [9.17, 15) is 0 Å². The number of nitrogens with one attached hydrogen (secondary N) is 2. The zero-order valence-electron chi connectivity index (χ0n) is 18.6. The maximum absolute atomic E-state index is 4.84. The van der Waals surface area contributed by atoms with Gasteiger partial charge in [0, 0.05) is 28.7 Å². The molecular formula is C24H29N7S. The monoisotopic (exact) mass is 447 g/mol. The summed E-state index contributed by atoms with van der Waals surface area (Å²) in [4.78, 5) is 20.0. The molecule has 1 aliphatic rings. The molecule has 3 aromatic heterocycles. The topological polar surface area (TPSA) is 80.5 Å². The molecule has 0 radical (unpaired) electrons. The van der Waals surface area contributed by atoms with Gasteiger partial charge < -0.3 is 15.2 Å². The van der Waals surface area contributed by atoms with Crippen molar-refractivity contribution in [1.29, 1.82) is 0 Å². The lowest BCUT2D eigenvalue weighted by atomic mass is 9.96. The van der Waals surface area contributed by atoms with Gasteiger partial charge in [0.05, 0.1) is 12.9 Å². The van der Waals surface area contributed by atoms with Crippen LogP contribution in [0.15, 0.2) is 42.9 Å². The average Bonchev–Trinajstić information content (AvgIpc) is 3.46. The van der Waals surface area contributed by atoms with Crippen LogP contribution >= 0.6 is 11.3 Å². The number of anilines is 2. The molecule has 32 heavy (non-hydrogen) atoms. The van der Waals surface area contributed by atoms with E-state index in [0.717, 1.165) is 32.4 Å². The first-order chi connectivity index (χ1) is 15.7. The Morgan fingerprint density at radius 2 is 1.88 bits per heavy atom. The number of hydrogen-bond donors (Lipinski definition) is 2. The first-order valence-electron chi connectivity index (χ1n) is 11.4. The summed E-state index contributed by atoms with van der Waals surface area (Å²) >= 11 is 1.70. The van der Waals surface area contributed by atoms with Crippen molar-refractivity contribution in [3.63, 3.8) is 0 Å². The number of hydrogen-bond acceptors (Lipinski definition) is 7. The summed E-state index contributed by atoms with van der Waals surface area (Å²) in [5, 5.41) is 8.11. The van der Waals surface area contributed by atoms with Gasteiger partial charge in [0.1, 0.15) is 5.01 Å². The lowest BCUT2D eigenvalue weighted by molar-refractivity contribution is 0.461. The van der Waals surface area contributed by atoms with E-state index in [1.165, 1.54) is 32.1 Å². The molecule has 3 heterocycles. The van der Waals surface area contributed by atoms with Crippen LogP contribution in [0.4, 0.5) is 11.8 Å². The summed E-state index contributed by atoms with van der Waals surface area (Å²) in [5.41, 5.74) is 2.81. The number of rotatable bonds is 7. The average molecular weight is 448 g/mol. The maximum atomic E-state index is 4.84. The molecule has 1 aliphatic carbocycles. The van der Waals surface area contributed by atoms with E-state index in [-0.39, 0.29) is 6.04 Å². The summed E-state index contributed by atoms with van der Waals surface area (Å²) in [5.74, 6) is 1.45. The van der Waals surface area contributed by atoms with Crippen molar-refractivity contribution in [1.82, 2.24) is 24.5 Å². The quantitative estimate of drug-likeness (QED) is 0.368. The lowest BCUT2D eigenvalue weighted by Gasteiger charge is -2.23. The van der Waals surface area contributed by atoms with Crippen LogP contribution in [0.25, 0.3) is 21.7 Å². The number of nitrogens with zero attached hydrogens (tertiary/aromatic N) is 5. The molecule has 8 heteroatoms. The fourth-order valence-corrected chi connectivity index (χ4v) is 5.04. The van der Waals surface area contributed by atoms with Crippen LogP contribution in [-0.2, 0) is 6.54 Å². The highest BCUT2D eigenvalue weighted by atomic mass is 32.1. The van der Waals surface area contributed by atoms with Crippen LogP contribution in [-0.4, -0.2) is 30.5 Å². The number of fused-ring (bicyclic) bond motifs is 1. The molecule has 5 rings (SSSR count). The summed E-state index contributed by atoms with van der Waals surface area (Å²) in [6.07, 6.45) is 10.0. The van der Waals surface area contributed by atoms with Gasteiger partial charge in [-0.2, -0.15) is 9.97 Å². The third-order valence-corrected chi connectivity index (χ3v) is 6.97. The number of benzene rings is 1. The Kier molecular flexibility index (Phi) is 6.03. The Balaban J connectivity index is 1.40. The molecule has 0 amide bonds. The Labute approximate surface area is 192 Å². The largest absolute Gasteiger partial charge is 0.363 e. The van der Waals surface area contributed by atoms with Crippen LogP contribution in [0, 0.1) is 0 Å². The highest BCUT2D eigenvalue weighted by Gasteiger charge is 2.19. The summed E-state index contributed by atoms with van der Waals surface area (Å²) < 4.78 is 2.11. The van der Waals surface area contributed by atoms with Gasteiger partial charge in [0.15, 0.2) is 17.0 Å². The van der Waals surface area contributed by atoms with Crippen LogP contribution in [0.3, 0.4) is 0 Å². The molecule has 1 aromatic carbocycles. The number of imidazole rings is 1. The second kappa shape index (κ2) is 9.24. The molecule has 0 atom stereocenters. The zero-order valence-corrected chi connectivity index (χ0v) is 19.4. The van der Waals surface area contributed by atoms with Crippen molar-refractivity contribution >= 4 is 34.3 Å². The van der Waals surface area contributed by atoms with Gasteiger partial charge in [-0.05, 0) is 26.7 Å². The molecule has 0 spiro atoms. The smallest absolute Gasteiger partial charge is 0.227 e. The Bertz CT molecular complexity index is 1180. The second-order valence-electron chi connectivity index (χ2n) is 8.64. The SMILES string of the molecule is CC(C)n1cnc2c(NCc3cnc(-c4ccccc4)s3)nc(NC3CCCCC3)nc21. The zero-order chi connectivity index (χ0) is 21.9. The highest BCUT2D eigenvalue weighted by molar-refractivity contribution is 7.15. The van der Waals surface area contributed by atoms with E-state index in [4.69, 9.17) is 9.97 Å². The second-order valence-corrected chi connectivity index (χ2v) is 9.76. The Hall–Kier alpha value is -3.00. The van der Waals surface area contributed by atoms with Crippen molar-refractivity contribution in [2.45, 2.75) is 64.6 Å². The molecule has 1 fully saturated rings. The molecule has 0 saturated heterocycles. The predicted octanol–water partition coefficient (Wildman–Crippen LogP) is 5.89. The van der Waals surface area contributed by atoms with Crippen molar-refractivity contribution in [3.8, 4) is 10.6 Å². The van der Waals surface area contributed by atoms with Crippen molar-refractivity contribution < 1.29 is 0 Å². The Morgan fingerprint density at radius 3 is 2.66 bits per heavy atom. The normalized spacial score (nSPS) is 14.8. The van der Waals surface area contributed by atoms with E-state index in [1.54, 1.807) is 11.3 Å². The third kappa shape index (κ3) is 4.46. The fourth-order valence-electron chi connectivity index (χ4n) is 4.19. The van der Waals surface area contributed by atoms with Crippen LogP contribution in [0.5, 0.6) is 0 Å². The molecule has 4 aromatic rings. The third-order valence-electron chi connectivity index (χ3n) is 5.92. The van der Waals surface area contributed by atoms with E-state index in [2.05, 4.69) is 51.1 Å². The van der Waals surface area contributed by atoms with Gasteiger partial charge in [-0.3, -0.25) is 0 Å². The minimum atomic E-state index is 0.278. The standard InChI is InChI=1S/C24H29N7S/c1-16(2)31-15-27-20-21(29-24(30-22(20)31)28-18-11-7-4-8-12-18)25-13-19-14-26-23(32-19)17-9-5-3-6-10-17/h3,5-6,9-10,14-16,18H,4,7-8,11-13H2,1-2H3,(H2,25,28,29,30). The summed E-state index contributed by atoms with van der Waals surface area (Å²) in [6, 6.07) is 11.0. The minimum Gasteiger partial charge on any atom is -0.363 e. The molecule has 7 nitrogen and oxygen atoms in total. The first kappa shape index (κ1) is 20.9. The minimum absolute atomic E-state index is 0.278. The highest BCUT2D eigenvalue weighted by Crippen LogP contribution is 2.28. The molecule has 0 aliphatic heterocycles. The van der Waals surface area contributed by atoms with Gasteiger partial charge in [0.25, 0.3) is 0 Å². The van der Waals surface area contributed by atoms with Crippen molar-refractivity contribution in [3.05, 3.63) is 47.7 Å². The number of thiazole rings is 1. The van der Waals surface area contributed by atoms with Crippen LogP contribution in [0.2, 0.25) is 0 Å². The van der Waals surface area contributed by atoms with E-state index < -0.39 is 0 Å². The summed E-state index contributed by atoms with van der Waals surface area (Å²) in [6.45, 7) is 4.94. The molecule has 1 saturated carbocycles. The van der Waals surface area contributed by atoms with Gasteiger partial charge in [-0.1, -0.05) is 49.6 Å². The van der Waals surface area contributed by atoms with Gasteiger partial charge >= 0.3 is 0 Å². The maximum Gasteiger partial charge on any atom is 0.227 e. The van der Waals surface area contributed by atoms with Crippen LogP contribution in [0.1, 0.15) is 56.9 Å².